The summed E-state index contributed by atoms with van der Waals surface area (Å²) in [6, 6.07) is 7.02. The van der Waals surface area contributed by atoms with E-state index in [2.05, 4.69) is 10.3 Å². The van der Waals surface area contributed by atoms with Crippen LogP contribution in [0.15, 0.2) is 29.3 Å². The maximum Gasteiger partial charge on any atom is 0.242 e. The number of carbonyl (C=O) groups excluding carboxylic acids is 2. The van der Waals surface area contributed by atoms with Gasteiger partial charge < -0.3 is 5.32 Å². The second-order valence-corrected chi connectivity index (χ2v) is 6.26. The van der Waals surface area contributed by atoms with Crippen LogP contribution in [0.3, 0.4) is 0 Å². The minimum absolute atomic E-state index is 0.0611. The van der Waals surface area contributed by atoms with Crippen molar-refractivity contribution in [3.8, 4) is 0 Å². The predicted octanol–water partition coefficient (Wildman–Crippen LogP) is 3.01. The van der Waals surface area contributed by atoms with Gasteiger partial charge in [0, 0.05) is 19.5 Å². The van der Waals surface area contributed by atoms with Crippen LogP contribution in [-0.2, 0) is 9.59 Å². The Morgan fingerprint density at radius 1 is 1.41 bits per heavy atom. The summed E-state index contributed by atoms with van der Waals surface area (Å²) in [6.45, 7) is 5.00. The van der Waals surface area contributed by atoms with Gasteiger partial charge in [0.1, 0.15) is 5.25 Å². The Morgan fingerprint density at radius 2 is 2.14 bits per heavy atom. The first-order chi connectivity index (χ1) is 10.6. The van der Waals surface area contributed by atoms with E-state index in [1.54, 1.807) is 29.2 Å². The molecular weight excluding hydrogens is 322 g/mol. The number of amidine groups is 1. The third kappa shape index (κ3) is 3.81. The number of thioether (sulfide) groups is 1. The van der Waals surface area contributed by atoms with E-state index >= 15 is 0 Å². The molecule has 1 aromatic rings. The van der Waals surface area contributed by atoms with Crippen molar-refractivity contribution >= 4 is 46.0 Å². The Labute approximate surface area is 139 Å². The summed E-state index contributed by atoms with van der Waals surface area (Å²) in [6.07, 6.45) is 0.105. The number of nitrogens with zero attached hydrogens (tertiary/aromatic N) is 2. The number of hydrogen-bond acceptors (Lipinski definition) is 4. The summed E-state index contributed by atoms with van der Waals surface area (Å²) in [4.78, 5) is 30.4. The fraction of sp³-hybridized carbons (Fsp3) is 0.400. The molecule has 1 fully saturated rings. The van der Waals surface area contributed by atoms with Gasteiger partial charge in [0.15, 0.2) is 5.17 Å². The van der Waals surface area contributed by atoms with Gasteiger partial charge in [-0.1, -0.05) is 35.5 Å². The molecular formula is C15H18ClN3O2S. The highest BCUT2D eigenvalue weighted by atomic mass is 35.5. The Kier molecular flexibility index (Phi) is 5.85. The van der Waals surface area contributed by atoms with E-state index in [9.17, 15) is 9.59 Å². The summed E-state index contributed by atoms with van der Waals surface area (Å²) >= 11 is 7.36. The lowest BCUT2D eigenvalue weighted by Crippen LogP contribution is -2.33. The van der Waals surface area contributed by atoms with Crippen molar-refractivity contribution in [1.82, 2.24) is 4.90 Å². The second kappa shape index (κ2) is 7.65. The number of aliphatic imine (C=N–C) groups is 1. The molecule has 7 heteroatoms. The van der Waals surface area contributed by atoms with Crippen LogP contribution in [0.5, 0.6) is 0 Å². The average molecular weight is 340 g/mol. The van der Waals surface area contributed by atoms with Crippen molar-refractivity contribution in [3.05, 3.63) is 29.3 Å². The van der Waals surface area contributed by atoms with E-state index in [1.165, 1.54) is 11.8 Å². The molecule has 1 N–H and O–H groups in total. The Balaban J connectivity index is 2.02. The molecule has 0 bridgehead atoms. The molecule has 0 saturated carbocycles. The fourth-order valence-corrected chi connectivity index (χ4v) is 3.57. The molecule has 0 unspecified atom stereocenters. The highest BCUT2D eigenvalue weighted by Gasteiger charge is 2.38. The third-order valence-electron chi connectivity index (χ3n) is 3.15. The highest BCUT2D eigenvalue weighted by Crippen LogP contribution is 2.30. The summed E-state index contributed by atoms with van der Waals surface area (Å²) in [5.41, 5.74) is 0.555. The Bertz CT molecular complexity index is 606. The van der Waals surface area contributed by atoms with Gasteiger partial charge in [0.25, 0.3) is 0 Å². The van der Waals surface area contributed by atoms with Crippen LogP contribution in [0.4, 0.5) is 5.69 Å². The maximum absolute atomic E-state index is 12.3. The lowest BCUT2D eigenvalue weighted by atomic mass is 10.2. The van der Waals surface area contributed by atoms with Gasteiger partial charge in [0.05, 0.1) is 10.7 Å². The summed E-state index contributed by atoms with van der Waals surface area (Å²) < 4.78 is 0. The molecule has 2 rings (SSSR count). The zero-order valence-corrected chi connectivity index (χ0v) is 14.1. The van der Waals surface area contributed by atoms with Crippen molar-refractivity contribution < 1.29 is 9.59 Å². The lowest BCUT2D eigenvalue weighted by molar-refractivity contribution is -0.128. The first kappa shape index (κ1) is 16.8. The van der Waals surface area contributed by atoms with Crippen LogP contribution < -0.4 is 5.32 Å². The van der Waals surface area contributed by atoms with Gasteiger partial charge >= 0.3 is 0 Å². The normalized spacial score (nSPS) is 19.8. The second-order valence-electron chi connectivity index (χ2n) is 4.68. The monoisotopic (exact) mass is 339 g/mol. The van der Waals surface area contributed by atoms with Crippen molar-refractivity contribution in [1.29, 1.82) is 0 Å². The van der Waals surface area contributed by atoms with E-state index in [-0.39, 0.29) is 18.2 Å². The molecule has 1 aliphatic heterocycles. The van der Waals surface area contributed by atoms with Gasteiger partial charge in [-0.05, 0) is 26.0 Å². The molecule has 0 aromatic heterocycles. The van der Waals surface area contributed by atoms with Crippen LogP contribution in [0, 0.1) is 0 Å². The Morgan fingerprint density at radius 3 is 2.77 bits per heavy atom. The van der Waals surface area contributed by atoms with Crippen LogP contribution in [0.25, 0.3) is 0 Å². The summed E-state index contributed by atoms with van der Waals surface area (Å²) in [7, 11) is 0. The Hall–Kier alpha value is -1.53. The van der Waals surface area contributed by atoms with E-state index < -0.39 is 5.25 Å². The summed E-state index contributed by atoms with van der Waals surface area (Å²) in [5, 5.41) is 3.50. The zero-order valence-electron chi connectivity index (χ0n) is 12.5. The number of benzene rings is 1. The van der Waals surface area contributed by atoms with Crippen molar-refractivity contribution in [2.24, 2.45) is 4.99 Å². The number of hydrogen-bond donors (Lipinski definition) is 1. The first-order valence-electron chi connectivity index (χ1n) is 7.13. The fourth-order valence-electron chi connectivity index (χ4n) is 2.12. The number of halogens is 1. The maximum atomic E-state index is 12.3. The number of carbonyl (C=O) groups is 2. The van der Waals surface area contributed by atoms with Gasteiger partial charge in [-0.15, -0.1) is 0 Å². The topological polar surface area (TPSA) is 61.8 Å². The number of rotatable bonds is 5. The largest absolute Gasteiger partial charge is 0.325 e. The first-order valence-corrected chi connectivity index (χ1v) is 8.39. The molecule has 1 aliphatic rings. The minimum Gasteiger partial charge on any atom is -0.325 e. The van der Waals surface area contributed by atoms with Gasteiger partial charge in [-0.2, -0.15) is 0 Å². The molecule has 118 valence electrons. The van der Waals surface area contributed by atoms with Gasteiger partial charge in [-0.25, -0.2) is 0 Å². The molecule has 2 amide bonds. The molecule has 0 radical (unpaired) electrons. The van der Waals surface area contributed by atoms with Crippen molar-refractivity contribution in [2.45, 2.75) is 25.5 Å². The number of amides is 2. The molecule has 1 aromatic carbocycles. The van der Waals surface area contributed by atoms with Crippen LogP contribution in [0.2, 0.25) is 5.02 Å². The van der Waals surface area contributed by atoms with Crippen molar-refractivity contribution in [2.75, 3.05) is 18.4 Å². The standard InChI is InChI=1S/C15H18ClN3O2S/c1-3-17-15-19(4-2)14(21)12(22-15)9-13(20)18-11-8-6-5-7-10(11)16/h5-8,12H,3-4,9H2,1-2H3,(H,18,20)/t12-/m1/s1. The van der Waals surface area contributed by atoms with Gasteiger partial charge in [-0.3, -0.25) is 19.5 Å². The average Bonchev–Trinajstić information content (AvgIpc) is 2.77. The van der Waals surface area contributed by atoms with E-state index in [0.717, 1.165) is 0 Å². The minimum atomic E-state index is -0.423. The molecule has 1 atom stereocenters. The smallest absolute Gasteiger partial charge is 0.242 e. The third-order valence-corrected chi connectivity index (χ3v) is 4.69. The number of anilines is 1. The quantitative estimate of drug-likeness (QED) is 0.897. The molecule has 22 heavy (non-hydrogen) atoms. The molecule has 1 saturated heterocycles. The SMILES string of the molecule is CCN=C1S[C@H](CC(=O)Nc2ccccc2Cl)C(=O)N1CC. The predicted molar refractivity (Wildman–Crippen MR) is 91.4 cm³/mol. The van der Waals surface area contributed by atoms with Gasteiger partial charge in [0.2, 0.25) is 11.8 Å². The number of nitrogens with one attached hydrogen (secondary N) is 1. The molecule has 1 heterocycles. The van der Waals surface area contributed by atoms with Crippen LogP contribution >= 0.6 is 23.4 Å². The zero-order chi connectivity index (χ0) is 16.1. The van der Waals surface area contributed by atoms with Crippen LogP contribution in [0.1, 0.15) is 20.3 Å². The summed E-state index contributed by atoms with van der Waals surface area (Å²) in [5.74, 6) is -0.290. The molecule has 5 nitrogen and oxygen atoms in total. The van der Waals surface area contributed by atoms with E-state index in [1.807, 2.05) is 13.8 Å². The van der Waals surface area contributed by atoms with E-state index in [0.29, 0.717) is 29.0 Å². The molecule has 0 aliphatic carbocycles. The highest BCUT2D eigenvalue weighted by molar-refractivity contribution is 8.15. The molecule has 0 spiro atoms. The van der Waals surface area contributed by atoms with Crippen molar-refractivity contribution in [3.63, 3.8) is 0 Å². The lowest BCUT2D eigenvalue weighted by Gasteiger charge is -2.13. The number of para-hydroxylation sites is 1. The van der Waals surface area contributed by atoms with Crippen LogP contribution in [-0.4, -0.2) is 40.2 Å². The van der Waals surface area contributed by atoms with E-state index in [4.69, 9.17) is 11.6 Å².